The molecular weight excluding hydrogens is 374 g/mol. The first-order valence-corrected chi connectivity index (χ1v) is 10.4. The van der Waals surface area contributed by atoms with Gasteiger partial charge in [0.2, 0.25) is 0 Å². The Hall–Kier alpha value is -2.90. The molecule has 132 valence electrons. The number of H-pyrrole nitrogens is 1. The van der Waals surface area contributed by atoms with Crippen LogP contribution >= 0.6 is 23.1 Å². The molecule has 0 aliphatic carbocycles. The van der Waals surface area contributed by atoms with Crippen LogP contribution in [0.3, 0.4) is 0 Å². The lowest BCUT2D eigenvalue weighted by Crippen LogP contribution is -1.99. The first-order chi connectivity index (χ1) is 13.4. The predicted molar refractivity (Wildman–Crippen MR) is 110 cm³/mol. The maximum absolute atomic E-state index is 4.66. The number of thiophene rings is 1. The smallest absolute Gasteiger partial charge is 0.196 e. The van der Waals surface area contributed by atoms with Crippen LogP contribution in [0.2, 0.25) is 0 Å². The largest absolute Gasteiger partial charge is 0.341 e. The summed E-state index contributed by atoms with van der Waals surface area (Å²) in [6.07, 6.45) is 0. The van der Waals surface area contributed by atoms with Gasteiger partial charge in [0.25, 0.3) is 0 Å². The SMILES string of the molecule is c1ccc(-n2c(SCc3nc4ccccc4[nH]3)nnc2-c2cccs2)cc1. The summed E-state index contributed by atoms with van der Waals surface area (Å²) < 4.78 is 2.11. The highest BCUT2D eigenvalue weighted by Crippen LogP contribution is 2.31. The Morgan fingerprint density at radius 1 is 0.926 bits per heavy atom. The van der Waals surface area contributed by atoms with Crippen molar-refractivity contribution >= 4 is 34.1 Å². The molecule has 0 spiro atoms. The minimum absolute atomic E-state index is 0.698. The highest BCUT2D eigenvalue weighted by atomic mass is 32.2. The fourth-order valence-electron chi connectivity index (χ4n) is 2.95. The van der Waals surface area contributed by atoms with Gasteiger partial charge in [-0.3, -0.25) is 4.57 Å². The van der Waals surface area contributed by atoms with Gasteiger partial charge in [-0.15, -0.1) is 21.5 Å². The summed E-state index contributed by atoms with van der Waals surface area (Å²) in [4.78, 5) is 9.13. The topological polar surface area (TPSA) is 59.4 Å². The summed E-state index contributed by atoms with van der Waals surface area (Å²) in [7, 11) is 0. The lowest BCUT2D eigenvalue weighted by atomic mass is 10.3. The van der Waals surface area contributed by atoms with Gasteiger partial charge in [-0.05, 0) is 35.7 Å². The zero-order valence-corrected chi connectivity index (χ0v) is 15.9. The number of para-hydroxylation sites is 3. The summed E-state index contributed by atoms with van der Waals surface area (Å²) in [6.45, 7) is 0. The van der Waals surface area contributed by atoms with Crippen molar-refractivity contribution in [2.45, 2.75) is 10.9 Å². The summed E-state index contributed by atoms with van der Waals surface area (Å²) in [5.74, 6) is 2.49. The minimum Gasteiger partial charge on any atom is -0.341 e. The number of hydrogen-bond acceptors (Lipinski definition) is 5. The zero-order valence-electron chi connectivity index (χ0n) is 14.2. The third kappa shape index (κ3) is 3.15. The second-order valence-corrected chi connectivity index (χ2v) is 7.83. The molecule has 5 nitrogen and oxygen atoms in total. The van der Waals surface area contributed by atoms with E-state index in [9.17, 15) is 0 Å². The van der Waals surface area contributed by atoms with Crippen molar-refractivity contribution in [3.8, 4) is 16.4 Å². The Morgan fingerprint density at radius 2 is 1.78 bits per heavy atom. The number of benzene rings is 2. The monoisotopic (exact) mass is 389 g/mol. The van der Waals surface area contributed by atoms with Crippen molar-refractivity contribution in [2.75, 3.05) is 0 Å². The van der Waals surface area contributed by atoms with Gasteiger partial charge in [0.15, 0.2) is 11.0 Å². The van der Waals surface area contributed by atoms with Gasteiger partial charge in [-0.1, -0.05) is 48.2 Å². The van der Waals surface area contributed by atoms with Gasteiger partial charge >= 0.3 is 0 Å². The molecule has 2 aromatic carbocycles. The second kappa shape index (κ2) is 7.02. The van der Waals surface area contributed by atoms with Crippen molar-refractivity contribution in [1.82, 2.24) is 24.7 Å². The Morgan fingerprint density at radius 3 is 2.59 bits per heavy atom. The molecule has 1 N–H and O–H groups in total. The van der Waals surface area contributed by atoms with E-state index in [-0.39, 0.29) is 0 Å². The van der Waals surface area contributed by atoms with Crippen LogP contribution in [0.1, 0.15) is 5.82 Å². The zero-order chi connectivity index (χ0) is 18.1. The van der Waals surface area contributed by atoms with Gasteiger partial charge < -0.3 is 4.98 Å². The average molecular weight is 390 g/mol. The fraction of sp³-hybridized carbons (Fsp3) is 0.0500. The number of hydrogen-bond donors (Lipinski definition) is 1. The maximum atomic E-state index is 4.66. The third-order valence-electron chi connectivity index (χ3n) is 4.17. The molecule has 0 atom stereocenters. The molecule has 5 aromatic rings. The fourth-order valence-corrected chi connectivity index (χ4v) is 4.47. The molecule has 0 aliphatic heterocycles. The van der Waals surface area contributed by atoms with E-state index < -0.39 is 0 Å². The maximum Gasteiger partial charge on any atom is 0.196 e. The van der Waals surface area contributed by atoms with Crippen LogP contribution in [-0.2, 0) is 5.75 Å². The highest BCUT2D eigenvalue weighted by molar-refractivity contribution is 7.98. The summed E-state index contributed by atoms with van der Waals surface area (Å²) in [6, 6.07) is 22.4. The van der Waals surface area contributed by atoms with Crippen molar-refractivity contribution in [1.29, 1.82) is 0 Å². The number of thioether (sulfide) groups is 1. The average Bonchev–Trinajstić information content (AvgIpc) is 3.45. The number of nitrogens with zero attached hydrogens (tertiary/aromatic N) is 4. The van der Waals surface area contributed by atoms with Gasteiger partial charge in [-0.2, -0.15) is 0 Å². The van der Waals surface area contributed by atoms with Gasteiger partial charge in [0.1, 0.15) is 5.82 Å². The van der Waals surface area contributed by atoms with E-state index in [4.69, 9.17) is 0 Å². The molecule has 0 unspecified atom stereocenters. The predicted octanol–water partition coefficient (Wildman–Crippen LogP) is 5.16. The van der Waals surface area contributed by atoms with Crippen LogP contribution in [0, 0.1) is 0 Å². The van der Waals surface area contributed by atoms with E-state index in [1.165, 1.54) is 0 Å². The first kappa shape index (κ1) is 16.3. The molecule has 3 heterocycles. The van der Waals surface area contributed by atoms with Gasteiger partial charge in [0, 0.05) is 5.69 Å². The molecule has 0 aliphatic rings. The Bertz CT molecular complexity index is 1140. The van der Waals surface area contributed by atoms with Crippen LogP contribution < -0.4 is 0 Å². The van der Waals surface area contributed by atoms with E-state index in [1.807, 2.05) is 48.5 Å². The van der Waals surface area contributed by atoms with E-state index in [0.29, 0.717) is 5.75 Å². The number of nitrogens with one attached hydrogen (secondary N) is 1. The molecule has 3 aromatic heterocycles. The van der Waals surface area contributed by atoms with Crippen molar-refractivity contribution in [2.24, 2.45) is 0 Å². The van der Waals surface area contributed by atoms with E-state index >= 15 is 0 Å². The molecule has 0 radical (unpaired) electrons. The summed E-state index contributed by atoms with van der Waals surface area (Å²) in [5, 5.41) is 11.8. The molecule has 7 heteroatoms. The van der Waals surface area contributed by atoms with Crippen LogP contribution in [0.25, 0.3) is 27.4 Å². The van der Waals surface area contributed by atoms with E-state index in [1.54, 1.807) is 23.1 Å². The quantitative estimate of drug-likeness (QED) is 0.422. The van der Waals surface area contributed by atoms with Crippen LogP contribution in [-0.4, -0.2) is 24.7 Å². The number of rotatable bonds is 5. The molecule has 0 saturated carbocycles. The molecule has 0 bridgehead atoms. The molecule has 0 saturated heterocycles. The molecule has 0 amide bonds. The third-order valence-corrected chi connectivity index (χ3v) is 5.97. The van der Waals surface area contributed by atoms with Crippen LogP contribution in [0.15, 0.2) is 77.3 Å². The normalized spacial score (nSPS) is 11.3. The minimum atomic E-state index is 0.698. The molecule has 0 fully saturated rings. The molecule has 5 rings (SSSR count). The van der Waals surface area contributed by atoms with Crippen LogP contribution in [0.4, 0.5) is 0 Å². The lowest BCUT2D eigenvalue weighted by Gasteiger charge is -2.08. The van der Waals surface area contributed by atoms with E-state index in [0.717, 1.165) is 38.4 Å². The standard InChI is InChI=1S/C20H15N5S2/c1-2-7-14(8-3-1)25-19(17-11-6-12-26-17)23-24-20(25)27-13-18-21-15-9-4-5-10-16(15)22-18/h1-12H,13H2,(H,21,22). The highest BCUT2D eigenvalue weighted by Gasteiger charge is 2.17. The number of imidazole rings is 1. The summed E-state index contributed by atoms with van der Waals surface area (Å²) in [5.41, 5.74) is 3.09. The Balaban J connectivity index is 1.50. The number of aromatic nitrogens is 5. The van der Waals surface area contributed by atoms with Crippen LogP contribution in [0.5, 0.6) is 0 Å². The number of fused-ring (bicyclic) bond motifs is 1. The van der Waals surface area contributed by atoms with Crippen molar-refractivity contribution in [3.05, 3.63) is 77.9 Å². The Labute approximate surface area is 164 Å². The molecular formula is C20H15N5S2. The molecule has 27 heavy (non-hydrogen) atoms. The van der Waals surface area contributed by atoms with Gasteiger partial charge in [-0.25, -0.2) is 4.98 Å². The van der Waals surface area contributed by atoms with Crippen molar-refractivity contribution < 1.29 is 0 Å². The number of aromatic amines is 1. The summed E-state index contributed by atoms with van der Waals surface area (Å²) >= 11 is 3.29. The first-order valence-electron chi connectivity index (χ1n) is 8.49. The van der Waals surface area contributed by atoms with Gasteiger partial charge in [0.05, 0.1) is 21.7 Å². The second-order valence-electron chi connectivity index (χ2n) is 5.94. The Kier molecular flexibility index (Phi) is 4.23. The van der Waals surface area contributed by atoms with E-state index in [2.05, 4.69) is 48.3 Å². The lowest BCUT2D eigenvalue weighted by molar-refractivity contribution is 0.885. The van der Waals surface area contributed by atoms with Crippen molar-refractivity contribution in [3.63, 3.8) is 0 Å².